The number of hydrogen-bond acceptors (Lipinski definition) is 4. The Labute approximate surface area is 236 Å². The lowest BCUT2D eigenvalue weighted by molar-refractivity contribution is -0.140. The van der Waals surface area contributed by atoms with E-state index in [2.05, 4.69) is 5.32 Å². The van der Waals surface area contributed by atoms with Gasteiger partial charge in [0, 0.05) is 24.5 Å². The van der Waals surface area contributed by atoms with Crippen molar-refractivity contribution in [1.29, 1.82) is 0 Å². The summed E-state index contributed by atoms with van der Waals surface area (Å²) in [5.74, 6) is -0.765. The van der Waals surface area contributed by atoms with Gasteiger partial charge in [-0.3, -0.25) is 13.9 Å². The van der Waals surface area contributed by atoms with Gasteiger partial charge in [0.25, 0.3) is 0 Å². The standard InChI is InChI=1S/C30H36ClN3O4S/c1-5-16-32-30(36)28(19-24-11-7-6-8-12-24)33(20-25-13-9-10-22(2)17-25)29(35)21-34(39(4,37)38)27-15-14-26(31)18-23(27)3/h6-15,17-18,28H,5,16,19-21H2,1-4H3,(H,32,36). The Bertz CT molecular complexity index is 1400. The number of nitrogens with one attached hydrogen (secondary N) is 1. The van der Waals surface area contributed by atoms with Gasteiger partial charge in [-0.25, -0.2) is 8.42 Å². The number of amides is 2. The first-order valence-electron chi connectivity index (χ1n) is 12.9. The minimum atomic E-state index is -3.84. The Morgan fingerprint density at radius 2 is 1.64 bits per heavy atom. The van der Waals surface area contributed by atoms with E-state index >= 15 is 0 Å². The molecular formula is C30H36ClN3O4S. The van der Waals surface area contributed by atoms with Gasteiger partial charge in [-0.2, -0.15) is 0 Å². The second kappa shape index (κ2) is 13.6. The molecule has 0 aliphatic carbocycles. The Kier molecular flexibility index (Phi) is 10.5. The van der Waals surface area contributed by atoms with Crippen molar-refractivity contribution in [1.82, 2.24) is 10.2 Å². The van der Waals surface area contributed by atoms with E-state index < -0.39 is 28.5 Å². The van der Waals surface area contributed by atoms with Crippen molar-refractivity contribution in [2.75, 3.05) is 23.7 Å². The summed E-state index contributed by atoms with van der Waals surface area (Å²) in [6.07, 6.45) is 2.09. The van der Waals surface area contributed by atoms with Gasteiger partial charge in [0.05, 0.1) is 11.9 Å². The van der Waals surface area contributed by atoms with Crippen LogP contribution in [0.5, 0.6) is 0 Å². The summed E-state index contributed by atoms with van der Waals surface area (Å²) in [5.41, 5.74) is 3.74. The van der Waals surface area contributed by atoms with Crippen molar-refractivity contribution in [3.05, 3.63) is 100 Å². The van der Waals surface area contributed by atoms with E-state index in [1.807, 2.05) is 68.4 Å². The van der Waals surface area contributed by atoms with Gasteiger partial charge < -0.3 is 10.2 Å². The van der Waals surface area contributed by atoms with Crippen LogP contribution < -0.4 is 9.62 Å². The summed E-state index contributed by atoms with van der Waals surface area (Å²) in [4.78, 5) is 29.1. The van der Waals surface area contributed by atoms with Gasteiger partial charge in [0.2, 0.25) is 21.8 Å². The van der Waals surface area contributed by atoms with Crippen LogP contribution in [0, 0.1) is 13.8 Å². The predicted octanol–water partition coefficient (Wildman–Crippen LogP) is 4.89. The first-order chi connectivity index (χ1) is 18.5. The summed E-state index contributed by atoms with van der Waals surface area (Å²) in [6, 6.07) is 21.2. The maximum atomic E-state index is 14.1. The van der Waals surface area contributed by atoms with E-state index in [0.717, 1.165) is 33.7 Å². The number of carbonyl (C=O) groups excluding carboxylic acids is 2. The molecule has 1 atom stereocenters. The van der Waals surface area contributed by atoms with Gasteiger partial charge in [0.1, 0.15) is 12.6 Å². The van der Waals surface area contributed by atoms with Crippen molar-refractivity contribution >= 4 is 39.1 Å². The average molecular weight is 570 g/mol. The number of sulfonamides is 1. The SMILES string of the molecule is CCCNC(=O)C(Cc1ccccc1)N(Cc1cccc(C)c1)C(=O)CN(c1ccc(Cl)cc1C)S(C)(=O)=O. The molecule has 0 heterocycles. The van der Waals surface area contributed by atoms with E-state index in [1.54, 1.807) is 25.1 Å². The van der Waals surface area contributed by atoms with Crippen LogP contribution in [0.2, 0.25) is 5.02 Å². The molecule has 7 nitrogen and oxygen atoms in total. The van der Waals surface area contributed by atoms with Crippen molar-refractivity contribution in [3.63, 3.8) is 0 Å². The van der Waals surface area contributed by atoms with Gasteiger partial charge in [-0.05, 0) is 55.2 Å². The largest absolute Gasteiger partial charge is 0.354 e. The van der Waals surface area contributed by atoms with Crippen LogP contribution in [0.4, 0.5) is 5.69 Å². The fourth-order valence-corrected chi connectivity index (χ4v) is 5.55. The highest BCUT2D eigenvalue weighted by molar-refractivity contribution is 7.92. The van der Waals surface area contributed by atoms with Crippen molar-refractivity contribution in [3.8, 4) is 0 Å². The van der Waals surface area contributed by atoms with Crippen LogP contribution in [-0.2, 0) is 32.6 Å². The summed E-state index contributed by atoms with van der Waals surface area (Å²) in [5, 5.41) is 3.40. The summed E-state index contributed by atoms with van der Waals surface area (Å²) in [7, 11) is -3.84. The van der Waals surface area contributed by atoms with Gasteiger partial charge in [-0.15, -0.1) is 0 Å². The van der Waals surface area contributed by atoms with Gasteiger partial charge in [-0.1, -0.05) is 78.7 Å². The highest BCUT2D eigenvalue weighted by Gasteiger charge is 2.33. The Morgan fingerprint density at radius 1 is 0.949 bits per heavy atom. The number of halogens is 1. The van der Waals surface area contributed by atoms with Crippen molar-refractivity contribution < 1.29 is 18.0 Å². The fraction of sp³-hybridized carbons (Fsp3) is 0.333. The number of anilines is 1. The molecule has 208 valence electrons. The molecule has 1 N–H and O–H groups in total. The van der Waals surface area contributed by atoms with E-state index in [-0.39, 0.29) is 18.9 Å². The smallest absolute Gasteiger partial charge is 0.244 e. The second-order valence-corrected chi connectivity index (χ2v) is 12.1. The lowest BCUT2D eigenvalue weighted by atomic mass is 10.0. The molecule has 0 bridgehead atoms. The minimum absolute atomic E-state index is 0.148. The summed E-state index contributed by atoms with van der Waals surface area (Å²) >= 11 is 6.10. The van der Waals surface area contributed by atoms with E-state index in [9.17, 15) is 18.0 Å². The fourth-order valence-electron chi connectivity index (χ4n) is 4.42. The second-order valence-electron chi connectivity index (χ2n) is 9.71. The number of aryl methyl sites for hydroxylation is 2. The quantitative estimate of drug-likeness (QED) is 0.336. The zero-order valence-electron chi connectivity index (χ0n) is 22.9. The molecule has 39 heavy (non-hydrogen) atoms. The third-order valence-corrected chi connectivity index (χ3v) is 7.72. The van der Waals surface area contributed by atoms with E-state index in [4.69, 9.17) is 11.6 Å². The molecule has 0 aliphatic heterocycles. The number of carbonyl (C=O) groups is 2. The van der Waals surface area contributed by atoms with Crippen molar-refractivity contribution in [2.45, 2.75) is 46.2 Å². The number of benzene rings is 3. The van der Waals surface area contributed by atoms with E-state index in [1.165, 1.54) is 4.90 Å². The van der Waals surface area contributed by atoms with Gasteiger partial charge >= 0.3 is 0 Å². The minimum Gasteiger partial charge on any atom is -0.354 e. The summed E-state index contributed by atoms with van der Waals surface area (Å²) < 4.78 is 26.9. The highest BCUT2D eigenvalue weighted by Crippen LogP contribution is 2.26. The van der Waals surface area contributed by atoms with Gasteiger partial charge in [0.15, 0.2) is 0 Å². The number of rotatable bonds is 12. The van der Waals surface area contributed by atoms with Crippen LogP contribution in [0.1, 0.15) is 35.6 Å². The molecule has 9 heteroatoms. The monoisotopic (exact) mass is 569 g/mol. The zero-order chi connectivity index (χ0) is 28.6. The zero-order valence-corrected chi connectivity index (χ0v) is 24.4. The topological polar surface area (TPSA) is 86.8 Å². The maximum Gasteiger partial charge on any atom is 0.244 e. The van der Waals surface area contributed by atoms with Crippen LogP contribution in [0.25, 0.3) is 0 Å². The molecule has 3 aromatic rings. The Morgan fingerprint density at radius 3 is 2.26 bits per heavy atom. The Hall–Kier alpha value is -3.36. The average Bonchev–Trinajstić information content (AvgIpc) is 2.88. The molecule has 0 saturated heterocycles. The number of hydrogen-bond donors (Lipinski definition) is 1. The third kappa shape index (κ3) is 8.57. The lowest BCUT2D eigenvalue weighted by Crippen LogP contribution is -2.53. The first kappa shape index (κ1) is 30.2. The van der Waals surface area contributed by atoms with Crippen molar-refractivity contribution in [2.24, 2.45) is 0 Å². The number of nitrogens with zero attached hydrogens (tertiary/aromatic N) is 2. The molecule has 2 amide bonds. The van der Waals surface area contributed by atoms with Crippen LogP contribution in [0.15, 0.2) is 72.8 Å². The highest BCUT2D eigenvalue weighted by atomic mass is 35.5. The molecule has 3 aromatic carbocycles. The molecular weight excluding hydrogens is 534 g/mol. The molecule has 1 unspecified atom stereocenters. The first-order valence-corrected chi connectivity index (χ1v) is 15.1. The Balaban J connectivity index is 2.06. The predicted molar refractivity (Wildman–Crippen MR) is 157 cm³/mol. The molecule has 0 fully saturated rings. The van der Waals surface area contributed by atoms with Crippen LogP contribution in [0.3, 0.4) is 0 Å². The molecule has 0 spiro atoms. The van der Waals surface area contributed by atoms with E-state index in [0.29, 0.717) is 22.8 Å². The summed E-state index contributed by atoms with van der Waals surface area (Å²) in [6.45, 7) is 5.81. The third-order valence-electron chi connectivity index (χ3n) is 6.36. The normalized spacial score (nSPS) is 12.0. The maximum absolute atomic E-state index is 14.1. The molecule has 0 saturated carbocycles. The molecule has 0 radical (unpaired) electrons. The van der Waals surface area contributed by atoms with Crippen LogP contribution in [-0.4, -0.2) is 50.5 Å². The molecule has 3 rings (SSSR count). The van der Waals surface area contributed by atoms with Crippen LogP contribution >= 0.6 is 11.6 Å². The molecule has 0 aromatic heterocycles. The lowest BCUT2D eigenvalue weighted by Gasteiger charge is -2.34. The molecule has 0 aliphatic rings.